The topological polar surface area (TPSA) is 139 Å². The van der Waals surface area contributed by atoms with Crippen molar-refractivity contribution in [2.24, 2.45) is 35.2 Å². The van der Waals surface area contributed by atoms with Crippen molar-refractivity contribution in [3.63, 3.8) is 0 Å². The lowest BCUT2D eigenvalue weighted by Gasteiger charge is -2.28. The highest BCUT2D eigenvalue weighted by Gasteiger charge is 2.26. The maximum Gasteiger partial charge on any atom is 0.332 e. The molecule has 14 heteroatoms. The molecule has 5 heterocycles. The Hall–Kier alpha value is -3.94. The molecule has 4 aromatic rings. The Morgan fingerprint density at radius 3 is 1.82 bits per heavy atom. The Morgan fingerprint density at radius 2 is 1.24 bits per heavy atom. The van der Waals surface area contributed by atoms with E-state index in [4.69, 9.17) is 4.98 Å². The molecule has 1 N–H and O–H groups in total. The third-order valence-corrected chi connectivity index (χ3v) is 6.60. The summed E-state index contributed by atoms with van der Waals surface area (Å²) in [5.41, 5.74) is -0.747. The first kappa shape index (κ1) is 21.9. The predicted molar refractivity (Wildman–Crippen MR) is 126 cm³/mol. The van der Waals surface area contributed by atoms with Crippen molar-refractivity contribution in [3.05, 3.63) is 47.5 Å². The van der Waals surface area contributed by atoms with E-state index in [2.05, 4.69) is 15.2 Å². The lowest BCUT2D eigenvalue weighted by atomic mass is 10.4. The molecule has 0 saturated carbocycles. The van der Waals surface area contributed by atoms with Gasteiger partial charge in [-0.3, -0.25) is 32.4 Å². The molecule has 4 aromatic heterocycles. The fourth-order valence-corrected chi connectivity index (χ4v) is 4.54. The average Bonchev–Trinajstić information content (AvgIpc) is 3.38. The van der Waals surface area contributed by atoms with Crippen LogP contribution >= 0.6 is 0 Å². The fraction of sp³-hybridized carbons (Fsp3) is 0.500. The fourth-order valence-electron chi connectivity index (χ4n) is 4.54. The highest BCUT2D eigenvalue weighted by atomic mass is 16.2. The monoisotopic (exact) mass is 470 g/mol. The molecule has 1 fully saturated rings. The van der Waals surface area contributed by atoms with Crippen molar-refractivity contribution < 1.29 is 0 Å². The lowest BCUT2D eigenvalue weighted by Crippen LogP contribution is -2.44. The molecule has 1 saturated heterocycles. The molecule has 1 aliphatic heterocycles. The van der Waals surface area contributed by atoms with Crippen LogP contribution < -0.4 is 32.7 Å². The van der Waals surface area contributed by atoms with Crippen molar-refractivity contribution in [2.45, 2.75) is 6.54 Å². The molecule has 0 aliphatic carbocycles. The van der Waals surface area contributed by atoms with Crippen LogP contribution in [0.1, 0.15) is 5.82 Å². The molecule has 0 aromatic carbocycles. The number of anilines is 1. The molecule has 5 rings (SSSR count). The molecule has 0 atom stereocenters. The van der Waals surface area contributed by atoms with Crippen molar-refractivity contribution >= 4 is 28.3 Å². The van der Waals surface area contributed by atoms with E-state index in [1.807, 2.05) is 0 Å². The van der Waals surface area contributed by atoms with E-state index in [0.29, 0.717) is 24.9 Å². The molecular weight excluding hydrogens is 444 g/mol. The van der Waals surface area contributed by atoms with Gasteiger partial charge in [-0.25, -0.2) is 14.6 Å². The van der Waals surface area contributed by atoms with Gasteiger partial charge in [0.15, 0.2) is 22.3 Å². The molecule has 0 unspecified atom stereocenters. The van der Waals surface area contributed by atoms with Crippen LogP contribution in [0.15, 0.2) is 19.2 Å². The Balaban J connectivity index is 1.80. The number of aryl methyl sites for hydroxylation is 3. The van der Waals surface area contributed by atoms with Gasteiger partial charge in [-0.05, 0) is 0 Å². The van der Waals surface area contributed by atoms with Crippen molar-refractivity contribution in [2.75, 3.05) is 31.1 Å². The molecule has 180 valence electrons. The number of piperazine rings is 1. The summed E-state index contributed by atoms with van der Waals surface area (Å²) < 4.78 is 8.15. The summed E-state index contributed by atoms with van der Waals surface area (Å²) >= 11 is 0. The van der Waals surface area contributed by atoms with E-state index >= 15 is 0 Å². The van der Waals surface area contributed by atoms with Gasteiger partial charge in [0, 0.05) is 61.4 Å². The van der Waals surface area contributed by atoms with Crippen LogP contribution in [0, 0.1) is 0 Å². The second-order valence-corrected chi connectivity index (χ2v) is 8.58. The van der Waals surface area contributed by atoms with Gasteiger partial charge in [0.2, 0.25) is 5.95 Å². The Kier molecular flexibility index (Phi) is 4.86. The maximum absolute atomic E-state index is 13.2. The quantitative estimate of drug-likeness (QED) is 0.338. The highest BCUT2D eigenvalue weighted by molar-refractivity contribution is 5.75. The van der Waals surface area contributed by atoms with E-state index in [1.165, 1.54) is 23.2 Å². The van der Waals surface area contributed by atoms with Gasteiger partial charge in [0.25, 0.3) is 11.1 Å². The van der Waals surface area contributed by atoms with Crippen molar-refractivity contribution in [1.82, 2.24) is 42.7 Å². The number of nitrogens with one attached hydrogen (secondary N) is 1. The number of hydrogen-bond donors (Lipinski definition) is 1. The third kappa shape index (κ3) is 2.91. The Bertz CT molecular complexity index is 1700. The maximum atomic E-state index is 13.2. The smallest absolute Gasteiger partial charge is 0.332 e. The van der Waals surface area contributed by atoms with Gasteiger partial charge < -0.3 is 14.8 Å². The molecule has 0 spiro atoms. The molecular formula is C20H26N10O4. The van der Waals surface area contributed by atoms with Gasteiger partial charge in [-0.1, -0.05) is 0 Å². The summed E-state index contributed by atoms with van der Waals surface area (Å²) in [7, 11) is 7.70. The third-order valence-electron chi connectivity index (χ3n) is 6.60. The standard InChI is InChI=1S/C20H26N10O4/c1-24-11(22-14-12(24)16(31)27(4)19(33)25(14)2)10-30-13-15(26(3)20(34)28(5)17(13)32)23-18(30)29-8-6-21-7-9-29/h21H,6-10H2,1-5H3. The van der Waals surface area contributed by atoms with Gasteiger partial charge in [0.05, 0.1) is 6.54 Å². The molecule has 1 aliphatic rings. The van der Waals surface area contributed by atoms with Gasteiger partial charge >= 0.3 is 11.4 Å². The molecule has 0 radical (unpaired) electrons. The van der Waals surface area contributed by atoms with Gasteiger partial charge in [0.1, 0.15) is 5.82 Å². The van der Waals surface area contributed by atoms with E-state index in [0.717, 1.165) is 22.2 Å². The average molecular weight is 470 g/mol. The summed E-state index contributed by atoms with van der Waals surface area (Å²) in [6.07, 6.45) is 0. The number of hydrogen-bond acceptors (Lipinski definition) is 8. The number of aromatic nitrogens is 8. The number of rotatable bonds is 3. The van der Waals surface area contributed by atoms with E-state index < -0.39 is 22.5 Å². The number of fused-ring (bicyclic) bond motifs is 2. The number of nitrogens with zero attached hydrogens (tertiary/aromatic N) is 9. The predicted octanol–water partition coefficient (Wildman–Crippen LogP) is -2.82. The first-order chi connectivity index (χ1) is 16.1. The molecule has 0 bridgehead atoms. The minimum absolute atomic E-state index is 0.117. The summed E-state index contributed by atoms with van der Waals surface area (Å²) in [4.78, 5) is 62.3. The normalized spacial score (nSPS) is 14.6. The zero-order chi connectivity index (χ0) is 24.5. The van der Waals surface area contributed by atoms with E-state index in [-0.39, 0.29) is 28.9 Å². The zero-order valence-electron chi connectivity index (χ0n) is 19.7. The van der Waals surface area contributed by atoms with Gasteiger partial charge in [-0.2, -0.15) is 4.98 Å². The first-order valence-electron chi connectivity index (χ1n) is 10.9. The first-order valence-corrected chi connectivity index (χ1v) is 10.9. The molecule has 0 amide bonds. The summed E-state index contributed by atoms with van der Waals surface area (Å²) in [6.45, 7) is 2.98. The van der Waals surface area contributed by atoms with Crippen LogP contribution in [-0.2, 0) is 41.8 Å². The van der Waals surface area contributed by atoms with E-state index in [9.17, 15) is 19.2 Å². The molecule has 34 heavy (non-hydrogen) atoms. The van der Waals surface area contributed by atoms with Crippen molar-refractivity contribution in [1.29, 1.82) is 0 Å². The van der Waals surface area contributed by atoms with Crippen LogP contribution in [-0.4, -0.2) is 63.5 Å². The minimum Gasteiger partial charge on any atom is -0.340 e. The second kappa shape index (κ2) is 7.55. The Morgan fingerprint density at radius 1 is 0.706 bits per heavy atom. The largest absolute Gasteiger partial charge is 0.340 e. The van der Waals surface area contributed by atoms with Crippen LogP contribution in [0.2, 0.25) is 0 Å². The van der Waals surface area contributed by atoms with Crippen LogP contribution in [0.5, 0.6) is 0 Å². The van der Waals surface area contributed by atoms with Gasteiger partial charge in [-0.15, -0.1) is 0 Å². The summed E-state index contributed by atoms with van der Waals surface area (Å²) in [5, 5.41) is 3.29. The van der Waals surface area contributed by atoms with E-state index in [1.54, 1.807) is 30.3 Å². The summed E-state index contributed by atoms with van der Waals surface area (Å²) in [6, 6.07) is 0. The lowest BCUT2D eigenvalue weighted by molar-refractivity contribution is 0.568. The molecule has 14 nitrogen and oxygen atoms in total. The SMILES string of the molecule is Cn1c(=O)c2c(nc(Cn3c(N4CCNCC4)nc4c3c(=O)n(C)c(=O)n4C)n2C)n(C)c1=O. The zero-order valence-corrected chi connectivity index (χ0v) is 19.7. The highest BCUT2D eigenvalue weighted by Crippen LogP contribution is 2.22. The van der Waals surface area contributed by atoms with Crippen LogP contribution in [0.25, 0.3) is 22.3 Å². The Labute approximate surface area is 191 Å². The van der Waals surface area contributed by atoms with Crippen LogP contribution in [0.4, 0.5) is 5.95 Å². The summed E-state index contributed by atoms with van der Waals surface area (Å²) in [5.74, 6) is 1.02. The second-order valence-electron chi connectivity index (χ2n) is 8.58. The van der Waals surface area contributed by atoms with Crippen molar-refractivity contribution in [3.8, 4) is 0 Å². The number of imidazole rings is 2. The minimum atomic E-state index is -0.472. The van der Waals surface area contributed by atoms with Crippen LogP contribution in [0.3, 0.4) is 0 Å².